The van der Waals surface area contributed by atoms with E-state index in [0.717, 1.165) is 28.4 Å². The molecule has 1 heterocycles. The van der Waals surface area contributed by atoms with Crippen molar-refractivity contribution in [1.82, 2.24) is 0 Å². The second-order valence-corrected chi connectivity index (χ2v) is 5.72. The van der Waals surface area contributed by atoms with Gasteiger partial charge in [-0.25, -0.2) is 4.79 Å². The number of amides is 2. The van der Waals surface area contributed by atoms with E-state index in [1.54, 1.807) is 4.90 Å². The molecule has 128 valence electrons. The molecule has 0 atom stereocenters. The Balaban J connectivity index is 1.99. The van der Waals surface area contributed by atoms with Gasteiger partial charge in [0.2, 0.25) is 0 Å². The van der Waals surface area contributed by atoms with Crippen LogP contribution in [0.1, 0.15) is 20.8 Å². The molecule has 0 fully saturated rings. The Morgan fingerprint density at radius 3 is 2.28 bits per heavy atom. The standard InChI is InChI=1S/C20H21N3O2/c1-4-25-19-12-10-17(11-13-19)22-14-15(2)16(3)21-23(20(22)24)18-8-6-5-7-9-18/h5-14H,4H2,1-3H3. The van der Waals surface area contributed by atoms with E-state index >= 15 is 0 Å². The number of carbonyl (C=O) groups is 1. The second kappa shape index (κ2) is 7.21. The Bertz CT molecular complexity index is 811. The Kier molecular flexibility index (Phi) is 4.84. The molecule has 0 radical (unpaired) electrons. The van der Waals surface area contributed by atoms with Gasteiger partial charge in [-0.2, -0.15) is 10.1 Å². The largest absolute Gasteiger partial charge is 0.494 e. The van der Waals surface area contributed by atoms with Crippen LogP contribution in [-0.4, -0.2) is 18.3 Å². The minimum atomic E-state index is -0.230. The van der Waals surface area contributed by atoms with Crippen molar-refractivity contribution in [2.24, 2.45) is 5.10 Å². The molecule has 2 aromatic rings. The summed E-state index contributed by atoms with van der Waals surface area (Å²) < 4.78 is 5.48. The first-order chi connectivity index (χ1) is 12.1. The van der Waals surface area contributed by atoms with Crippen molar-refractivity contribution in [2.75, 3.05) is 16.5 Å². The molecule has 0 aliphatic carbocycles. The minimum Gasteiger partial charge on any atom is -0.494 e. The molecule has 1 aliphatic heterocycles. The van der Waals surface area contributed by atoms with Crippen molar-refractivity contribution in [3.8, 4) is 5.75 Å². The summed E-state index contributed by atoms with van der Waals surface area (Å²) in [7, 11) is 0. The van der Waals surface area contributed by atoms with Gasteiger partial charge in [-0.05, 0) is 62.7 Å². The van der Waals surface area contributed by atoms with Crippen molar-refractivity contribution < 1.29 is 9.53 Å². The zero-order valence-electron chi connectivity index (χ0n) is 14.6. The number of hydrazone groups is 1. The lowest BCUT2D eigenvalue weighted by Gasteiger charge is -2.24. The van der Waals surface area contributed by atoms with Crippen LogP contribution in [-0.2, 0) is 0 Å². The van der Waals surface area contributed by atoms with Crippen LogP contribution in [0.15, 0.2) is 71.5 Å². The van der Waals surface area contributed by atoms with Crippen LogP contribution in [0.25, 0.3) is 0 Å². The van der Waals surface area contributed by atoms with Crippen molar-refractivity contribution in [2.45, 2.75) is 20.8 Å². The number of hydrogen-bond donors (Lipinski definition) is 0. The molecular formula is C20H21N3O2. The first-order valence-corrected chi connectivity index (χ1v) is 8.25. The predicted molar refractivity (Wildman–Crippen MR) is 101 cm³/mol. The third-order valence-corrected chi connectivity index (χ3v) is 3.96. The van der Waals surface area contributed by atoms with Gasteiger partial charge in [0.15, 0.2) is 0 Å². The molecule has 0 N–H and O–H groups in total. The number of urea groups is 1. The Morgan fingerprint density at radius 2 is 1.64 bits per heavy atom. The van der Waals surface area contributed by atoms with Crippen LogP contribution in [0.3, 0.4) is 0 Å². The van der Waals surface area contributed by atoms with Crippen molar-refractivity contribution in [1.29, 1.82) is 0 Å². The van der Waals surface area contributed by atoms with E-state index < -0.39 is 0 Å². The van der Waals surface area contributed by atoms with Crippen molar-refractivity contribution in [3.63, 3.8) is 0 Å². The van der Waals surface area contributed by atoms with Gasteiger partial charge in [0.05, 0.1) is 23.7 Å². The lowest BCUT2D eigenvalue weighted by Crippen LogP contribution is -2.37. The summed E-state index contributed by atoms with van der Waals surface area (Å²) in [4.78, 5) is 14.7. The van der Waals surface area contributed by atoms with Crippen LogP contribution in [0.5, 0.6) is 5.75 Å². The first kappa shape index (κ1) is 16.8. The quantitative estimate of drug-likeness (QED) is 0.805. The maximum atomic E-state index is 13.1. The van der Waals surface area contributed by atoms with E-state index in [4.69, 9.17) is 4.74 Å². The van der Waals surface area contributed by atoms with E-state index in [0.29, 0.717) is 6.61 Å². The molecule has 2 amide bonds. The number of hydrogen-bond acceptors (Lipinski definition) is 3. The maximum absolute atomic E-state index is 13.1. The number of nitrogens with zero attached hydrogens (tertiary/aromatic N) is 3. The van der Waals surface area contributed by atoms with E-state index in [2.05, 4.69) is 5.10 Å². The third kappa shape index (κ3) is 3.55. The van der Waals surface area contributed by atoms with Gasteiger partial charge < -0.3 is 4.74 Å². The highest BCUT2D eigenvalue weighted by Gasteiger charge is 2.25. The topological polar surface area (TPSA) is 45.1 Å². The number of carbonyl (C=O) groups excluding carboxylic acids is 1. The molecule has 2 aromatic carbocycles. The summed E-state index contributed by atoms with van der Waals surface area (Å²) in [5, 5.41) is 5.93. The fraction of sp³-hybridized carbons (Fsp3) is 0.200. The Morgan fingerprint density at radius 1 is 0.960 bits per heavy atom. The van der Waals surface area contributed by atoms with Gasteiger partial charge in [-0.15, -0.1) is 0 Å². The van der Waals surface area contributed by atoms with E-state index in [9.17, 15) is 4.79 Å². The van der Waals surface area contributed by atoms with E-state index in [-0.39, 0.29) is 6.03 Å². The summed E-state index contributed by atoms with van der Waals surface area (Å²) in [5.74, 6) is 0.779. The fourth-order valence-electron chi connectivity index (χ4n) is 2.51. The van der Waals surface area contributed by atoms with Crippen molar-refractivity contribution in [3.05, 3.63) is 66.4 Å². The number of para-hydroxylation sites is 1. The molecule has 5 nitrogen and oxygen atoms in total. The highest BCUT2D eigenvalue weighted by molar-refractivity contribution is 6.10. The third-order valence-electron chi connectivity index (χ3n) is 3.96. The van der Waals surface area contributed by atoms with Crippen LogP contribution in [0.4, 0.5) is 16.2 Å². The molecule has 0 saturated heterocycles. The van der Waals surface area contributed by atoms with Gasteiger partial charge in [-0.3, -0.25) is 4.90 Å². The monoisotopic (exact) mass is 335 g/mol. The molecule has 25 heavy (non-hydrogen) atoms. The highest BCUT2D eigenvalue weighted by Crippen LogP contribution is 2.26. The number of allylic oxidation sites excluding steroid dienone is 1. The summed E-state index contributed by atoms with van der Waals surface area (Å²) in [6.07, 6.45) is 1.82. The van der Waals surface area contributed by atoms with E-state index in [1.807, 2.05) is 81.6 Å². The Hall–Kier alpha value is -3.08. The molecule has 0 saturated carbocycles. The number of rotatable bonds is 4. The lowest BCUT2D eigenvalue weighted by atomic mass is 10.2. The number of ether oxygens (including phenoxy) is 1. The van der Waals surface area contributed by atoms with Gasteiger partial charge in [-0.1, -0.05) is 18.2 Å². The molecule has 0 unspecified atom stereocenters. The van der Waals surface area contributed by atoms with Gasteiger partial charge in [0, 0.05) is 6.20 Å². The van der Waals surface area contributed by atoms with Gasteiger partial charge >= 0.3 is 6.03 Å². The lowest BCUT2D eigenvalue weighted by molar-refractivity contribution is 0.253. The molecule has 1 aliphatic rings. The average Bonchev–Trinajstić information content (AvgIpc) is 2.75. The first-order valence-electron chi connectivity index (χ1n) is 8.25. The van der Waals surface area contributed by atoms with Crippen molar-refractivity contribution >= 4 is 23.1 Å². The molecule has 3 rings (SSSR count). The number of benzene rings is 2. The van der Waals surface area contributed by atoms with Crippen LogP contribution in [0.2, 0.25) is 0 Å². The van der Waals surface area contributed by atoms with E-state index in [1.165, 1.54) is 5.01 Å². The van der Waals surface area contributed by atoms with Gasteiger partial charge in [0.25, 0.3) is 0 Å². The number of anilines is 2. The fourth-order valence-corrected chi connectivity index (χ4v) is 2.51. The second-order valence-electron chi connectivity index (χ2n) is 5.72. The van der Waals surface area contributed by atoms with Crippen LogP contribution >= 0.6 is 0 Å². The van der Waals surface area contributed by atoms with Gasteiger partial charge in [0.1, 0.15) is 5.75 Å². The summed E-state index contributed by atoms with van der Waals surface area (Å²) in [6.45, 7) is 6.39. The zero-order valence-corrected chi connectivity index (χ0v) is 14.6. The Labute approximate surface area is 147 Å². The molecule has 0 bridgehead atoms. The molecule has 0 aromatic heterocycles. The average molecular weight is 335 g/mol. The normalized spacial score (nSPS) is 14.8. The summed E-state index contributed by atoms with van der Waals surface area (Å²) in [5.41, 5.74) is 3.22. The molecule has 0 spiro atoms. The highest BCUT2D eigenvalue weighted by atomic mass is 16.5. The maximum Gasteiger partial charge on any atom is 0.353 e. The van der Waals surface area contributed by atoms with Crippen LogP contribution < -0.4 is 14.6 Å². The van der Waals surface area contributed by atoms with Crippen LogP contribution in [0, 0.1) is 0 Å². The molecule has 5 heteroatoms. The summed E-state index contributed by atoms with van der Waals surface area (Å²) in [6, 6.07) is 16.7. The summed E-state index contributed by atoms with van der Waals surface area (Å²) >= 11 is 0. The smallest absolute Gasteiger partial charge is 0.353 e. The SMILES string of the molecule is CCOc1ccc(N2C=C(C)C(C)=NN(c3ccccc3)C2=O)cc1. The predicted octanol–water partition coefficient (Wildman–Crippen LogP) is 4.81. The molecular weight excluding hydrogens is 314 g/mol. The minimum absolute atomic E-state index is 0.230. The zero-order chi connectivity index (χ0) is 17.8.